The summed E-state index contributed by atoms with van der Waals surface area (Å²) in [5, 5.41) is 9.24. The minimum atomic E-state index is 0.867. The number of aromatic nitrogens is 1. The molecule has 0 bridgehead atoms. The summed E-state index contributed by atoms with van der Waals surface area (Å²) in [5.74, 6) is 0. The molecule has 1 N–H and O–H groups in total. The summed E-state index contributed by atoms with van der Waals surface area (Å²) in [6.07, 6.45) is 1.16. The highest BCUT2D eigenvalue weighted by atomic mass is 32.1. The van der Waals surface area contributed by atoms with E-state index in [0.717, 1.165) is 30.2 Å². The van der Waals surface area contributed by atoms with Crippen LogP contribution in [0.15, 0.2) is 47.8 Å². The highest BCUT2D eigenvalue weighted by molar-refractivity contribution is 7.09. The Kier molecular flexibility index (Phi) is 4.09. The first-order valence-electron chi connectivity index (χ1n) is 7.01. The zero-order valence-corrected chi connectivity index (χ0v) is 12.4. The number of nitrogens with zero attached hydrogens (tertiary/aromatic N) is 1. The molecule has 2 aromatic carbocycles. The van der Waals surface area contributed by atoms with Crippen LogP contribution < -0.4 is 5.32 Å². The van der Waals surface area contributed by atoms with Crippen LogP contribution in [0.5, 0.6) is 0 Å². The third-order valence-electron chi connectivity index (χ3n) is 3.30. The van der Waals surface area contributed by atoms with E-state index in [1.165, 1.54) is 16.3 Å². The molecule has 0 saturated heterocycles. The Balaban J connectivity index is 1.83. The van der Waals surface area contributed by atoms with Crippen molar-refractivity contribution in [2.24, 2.45) is 0 Å². The quantitative estimate of drug-likeness (QED) is 0.699. The van der Waals surface area contributed by atoms with Crippen molar-refractivity contribution in [2.75, 3.05) is 6.54 Å². The number of benzene rings is 2. The number of thiazole rings is 1. The van der Waals surface area contributed by atoms with Gasteiger partial charge in [-0.25, -0.2) is 4.98 Å². The second-order valence-electron chi connectivity index (χ2n) is 4.87. The zero-order valence-electron chi connectivity index (χ0n) is 11.6. The van der Waals surface area contributed by atoms with E-state index in [4.69, 9.17) is 4.98 Å². The molecule has 0 fully saturated rings. The van der Waals surface area contributed by atoms with E-state index >= 15 is 0 Å². The Hall–Kier alpha value is -1.71. The number of nitrogens with one attached hydrogen (secondary N) is 1. The van der Waals surface area contributed by atoms with E-state index in [1.54, 1.807) is 11.3 Å². The average molecular weight is 282 g/mol. The van der Waals surface area contributed by atoms with E-state index in [0.29, 0.717) is 0 Å². The molecular formula is C17H18N2S. The largest absolute Gasteiger partial charge is 0.310 e. The van der Waals surface area contributed by atoms with Gasteiger partial charge in [0, 0.05) is 17.5 Å². The lowest BCUT2D eigenvalue weighted by Gasteiger charge is -2.01. The number of fused-ring (bicyclic) bond motifs is 1. The summed E-state index contributed by atoms with van der Waals surface area (Å²) in [6, 6.07) is 15.0. The van der Waals surface area contributed by atoms with Crippen LogP contribution in [0.3, 0.4) is 0 Å². The van der Waals surface area contributed by atoms with Crippen LogP contribution in [-0.4, -0.2) is 11.5 Å². The van der Waals surface area contributed by atoms with Crippen LogP contribution in [0.25, 0.3) is 22.0 Å². The van der Waals surface area contributed by atoms with Crippen LogP contribution in [0, 0.1) is 0 Å². The minimum absolute atomic E-state index is 0.867. The standard InChI is InChI=1S/C17H18N2S/c1-2-9-18-11-17-19-16(12-20-17)15-8-7-13-5-3-4-6-14(13)10-15/h3-8,10,12,18H,2,9,11H2,1H3. The van der Waals surface area contributed by atoms with E-state index in [-0.39, 0.29) is 0 Å². The molecular weight excluding hydrogens is 264 g/mol. The molecule has 3 heteroatoms. The second-order valence-corrected chi connectivity index (χ2v) is 5.81. The zero-order chi connectivity index (χ0) is 13.8. The van der Waals surface area contributed by atoms with Crippen molar-refractivity contribution in [1.82, 2.24) is 10.3 Å². The fraction of sp³-hybridized carbons (Fsp3) is 0.235. The fourth-order valence-electron chi connectivity index (χ4n) is 2.25. The molecule has 2 nitrogen and oxygen atoms in total. The van der Waals surface area contributed by atoms with Crippen LogP contribution in [0.2, 0.25) is 0 Å². The highest BCUT2D eigenvalue weighted by Crippen LogP contribution is 2.25. The van der Waals surface area contributed by atoms with Crippen LogP contribution in [0.1, 0.15) is 18.4 Å². The maximum absolute atomic E-state index is 4.72. The van der Waals surface area contributed by atoms with Gasteiger partial charge in [-0.1, -0.05) is 43.3 Å². The topological polar surface area (TPSA) is 24.9 Å². The lowest BCUT2D eigenvalue weighted by Crippen LogP contribution is -2.13. The van der Waals surface area contributed by atoms with Crippen molar-refractivity contribution in [3.05, 3.63) is 52.9 Å². The van der Waals surface area contributed by atoms with Crippen molar-refractivity contribution < 1.29 is 0 Å². The molecule has 1 heterocycles. The first-order valence-corrected chi connectivity index (χ1v) is 7.89. The Morgan fingerprint density at radius 1 is 1.10 bits per heavy atom. The predicted molar refractivity (Wildman–Crippen MR) is 87.1 cm³/mol. The molecule has 1 aromatic heterocycles. The molecule has 0 saturated carbocycles. The van der Waals surface area contributed by atoms with Gasteiger partial charge in [-0.15, -0.1) is 11.3 Å². The van der Waals surface area contributed by atoms with Gasteiger partial charge in [0.05, 0.1) is 5.69 Å². The molecule has 0 aliphatic heterocycles. The minimum Gasteiger partial charge on any atom is -0.310 e. The van der Waals surface area contributed by atoms with Crippen molar-refractivity contribution in [3.8, 4) is 11.3 Å². The lowest BCUT2D eigenvalue weighted by atomic mass is 10.1. The summed E-state index contributed by atoms with van der Waals surface area (Å²) in [4.78, 5) is 4.72. The molecule has 0 atom stereocenters. The van der Waals surface area contributed by atoms with Gasteiger partial charge in [-0.3, -0.25) is 0 Å². The number of rotatable bonds is 5. The molecule has 3 rings (SSSR count). The summed E-state index contributed by atoms with van der Waals surface area (Å²) in [5.41, 5.74) is 2.27. The maximum Gasteiger partial charge on any atom is 0.107 e. The van der Waals surface area contributed by atoms with Gasteiger partial charge in [-0.05, 0) is 29.8 Å². The third kappa shape index (κ3) is 2.89. The van der Waals surface area contributed by atoms with Crippen molar-refractivity contribution in [3.63, 3.8) is 0 Å². The lowest BCUT2D eigenvalue weighted by molar-refractivity contribution is 0.673. The third-order valence-corrected chi connectivity index (χ3v) is 4.15. The fourth-order valence-corrected chi connectivity index (χ4v) is 3.02. The van der Waals surface area contributed by atoms with Gasteiger partial charge in [-0.2, -0.15) is 0 Å². The van der Waals surface area contributed by atoms with E-state index in [2.05, 4.69) is 60.1 Å². The van der Waals surface area contributed by atoms with E-state index in [1.807, 2.05) is 0 Å². The normalized spacial score (nSPS) is 11.1. The first kappa shape index (κ1) is 13.3. The van der Waals surface area contributed by atoms with Crippen LogP contribution >= 0.6 is 11.3 Å². The Morgan fingerprint density at radius 3 is 2.80 bits per heavy atom. The second kappa shape index (κ2) is 6.16. The Bertz CT molecular complexity index is 703. The van der Waals surface area contributed by atoms with Gasteiger partial charge in [0.25, 0.3) is 0 Å². The molecule has 0 spiro atoms. The number of hydrogen-bond acceptors (Lipinski definition) is 3. The Labute approximate surface area is 123 Å². The molecule has 0 aliphatic carbocycles. The van der Waals surface area contributed by atoms with Gasteiger partial charge in [0.1, 0.15) is 5.01 Å². The molecule has 0 amide bonds. The summed E-state index contributed by atoms with van der Waals surface area (Å²) in [7, 11) is 0. The van der Waals surface area contributed by atoms with Crippen LogP contribution in [-0.2, 0) is 6.54 Å². The molecule has 102 valence electrons. The first-order chi connectivity index (χ1) is 9.86. The van der Waals surface area contributed by atoms with Crippen LogP contribution in [0.4, 0.5) is 0 Å². The average Bonchev–Trinajstić information content (AvgIpc) is 2.96. The van der Waals surface area contributed by atoms with Crippen molar-refractivity contribution >= 4 is 22.1 Å². The van der Waals surface area contributed by atoms with E-state index in [9.17, 15) is 0 Å². The van der Waals surface area contributed by atoms with E-state index < -0.39 is 0 Å². The van der Waals surface area contributed by atoms with Crippen molar-refractivity contribution in [2.45, 2.75) is 19.9 Å². The monoisotopic (exact) mass is 282 g/mol. The van der Waals surface area contributed by atoms with Gasteiger partial charge in [0.2, 0.25) is 0 Å². The molecule has 20 heavy (non-hydrogen) atoms. The summed E-state index contributed by atoms with van der Waals surface area (Å²) < 4.78 is 0. The molecule has 0 unspecified atom stereocenters. The Morgan fingerprint density at radius 2 is 1.95 bits per heavy atom. The summed E-state index contributed by atoms with van der Waals surface area (Å²) >= 11 is 1.73. The molecule has 0 radical (unpaired) electrons. The smallest absolute Gasteiger partial charge is 0.107 e. The SMILES string of the molecule is CCCNCc1nc(-c2ccc3ccccc3c2)cs1. The van der Waals surface area contributed by atoms with Crippen molar-refractivity contribution in [1.29, 1.82) is 0 Å². The van der Waals surface area contributed by atoms with Gasteiger partial charge < -0.3 is 5.32 Å². The van der Waals surface area contributed by atoms with Gasteiger partial charge in [0.15, 0.2) is 0 Å². The summed E-state index contributed by atoms with van der Waals surface area (Å²) in [6.45, 7) is 4.09. The highest BCUT2D eigenvalue weighted by Gasteiger charge is 2.05. The number of hydrogen-bond donors (Lipinski definition) is 1. The maximum atomic E-state index is 4.72. The predicted octanol–water partition coefficient (Wildman–Crippen LogP) is 4.46. The molecule has 3 aromatic rings. The van der Waals surface area contributed by atoms with Gasteiger partial charge >= 0.3 is 0 Å². The molecule has 0 aliphatic rings.